The SMILES string of the molecule is Cc1cc(=O)oc2ccc(OC(c3ccccc3)c3ccccc3)cc12. The highest BCUT2D eigenvalue weighted by molar-refractivity contribution is 5.81. The van der Waals surface area contributed by atoms with Crippen molar-refractivity contribution in [2.45, 2.75) is 13.0 Å². The Morgan fingerprint density at radius 1 is 0.808 bits per heavy atom. The first-order valence-corrected chi connectivity index (χ1v) is 8.52. The van der Waals surface area contributed by atoms with E-state index in [1.807, 2.05) is 55.5 Å². The zero-order valence-electron chi connectivity index (χ0n) is 14.4. The number of aryl methyl sites for hydroxylation is 1. The van der Waals surface area contributed by atoms with Crippen LogP contribution in [0.4, 0.5) is 0 Å². The monoisotopic (exact) mass is 342 g/mol. The predicted molar refractivity (Wildman–Crippen MR) is 103 cm³/mol. The van der Waals surface area contributed by atoms with Crippen LogP contribution in [0.1, 0.15) is 22.8 Å². The third-order valence-electron chi connectivity index (χ3n) is 4.38. The summed E-state index contributed by atoms with van der Waals surface area (Å²) in [6.07, 6.45) is -0.217. The molecule has 3 nitrogen and oxygen atoms in total. The van der Waals surface area contributed by atoms with Crippen molar-refractivity contribution in [3.8, 4) is 5.75 Å². The Morgan fingerprint density at radius 3 is 2.04 bits per heavy atom. The first-order chi connectivity index (χ1) is 12.7. The average molecular weight is 342 g/mol. The maximum absolute atomic E-state index is 11.5. The molecule has 0 N–H and O–H groups in total. The third kappa shape index (κ3) is 3.24. The van der Waals surface area contributed by atoms with Crippen LogP contribution in [0.25, 0.3) is 11.0 Å². The van der Waals surface area contributed by atoms with Gasteiger partial charge in [-0.15, -0.1) is 0 Å². The second-order valence-electron chi connectivity index (χ2n) is 6.23. The molecule has 4 aromatic rings. The van der Waals surface area contributed by atoms with E-state index >= 15 is 0 Å². The van der Waals surface area contributed by atoms with Crippen LogP contribution in [-0.4, -0.2) is 0 Å². The molecule has 0 unspecified atom stereocenters. The van der Waals surface area contributed by atoms with Crippen molar-refractivity contribution in [1.82, 2.24) is 0 Å². The first kappa shape index (κ1) is 16.2. The fraction of sp³-hybridized carbons (Fsp3) is 0.0870. The van der Waals surface area contributed by atoms with E-state index in [0.717, 1.165) is 27.8 Å². The molecule has 0 radical (unpaired) electrons. The highest BCUT2D eigenvalue weighted by Gasteiger charge is 2.16. The van der Waals surface area contributed by atoms with Crippen molar-refractivity contribution < 1.29 is 9.15 Å². The van der Waals surface area contributed by atoms with Crippen molar-refractivity contribution in [3.63, 3.8) is 0 Å². The van der Waals surface area contributed by atoms with E-state index in [1.54, 1.807) is 6.07 Å². The molecular weight excluding hydrogens is 324 g/mol. The molecule has 3 heteroatoms. The molecule has 0 saturated heterocycles. The number of rotatable bonds is 4. The summed E-state index contributed by atoms with van der Waals surface area (Å²) < 4.78 is 11.6. The molecule has 0 spiro atoms. The molecule has 0 aliphatic carbocycles. The summed E-state index contributed by atoms with van der Waals surface area (Å²) in [7, 11) is 0. The molecule has 0 saturated carbocycles. The number of benzene rings is 3. The van der Waals surface area contributed by atoms with Crippen molar-refractivity contribution in [3.05, 3.63) is 112 Å². The molecule has 3 aromatic carbocycles. The van der Waals surface area contributed by atoms with Gasteiger partial charge < -0.3 is 9.15 Å². The van der Waals surface area contributed by atoms with E-state index in [1.165, 1.54) is 6.07 Å². The lowest BCUT2D eigenvalue weighted by molar-refractivity contribution is 0.247. The molecule has 0 atom stereocenters. The number of fused-ring (bicyclic) bond motifs is 1. The van der Waals surface area contributed by atoms with Gasteiger partial charge in [0.15, 0.2) is 0 Å². The van der Waals surface area contributed by atoms with E-state index in [2.05, 4.69) is 24.3 Å². The quantitative estimate of drug-likeness (QED) is 0.474. The summed E-state index contributed by atoms with van der Waals surface area (Å²) in [6.45, 7) is 1.90. The molecule has 0 aliphatic heterocycles. The van der Waals surface area contributed by atoms with Gasteiger partial charge in [-0.1, -0.05) is 60.7 Å². The maximum atomic E-state index is 11.5. The highest BCUT2D eigenvalue weighted by Crippen LogP contribution is 2.30. The lowest BCUT2D eigenvalue weighted by Gasteiger charge is -2.20. The van der Waals surface area contributed by atoms with Crippen molar-refractivity contribution in [2.75, 3.05) is 0 Å². The third-order valence-corrected chi connectivity index (χ3v) is 4.38. The molecule has 0 aliphatic rings. The topological polar surface area (TPSA) is 39.4 Å². The van der Waals surface area contributed by atoms with E-state index in [0.29, 0.717) is 5.58 Å². The van der Waals surface area contributed by atoms with Gasteiger partial charge in [-0.3, -0.25) is 0 Å². The van der Waals surface area contributed by atoms with Gasteiger partial charge in [0.25, 0.3) is 0 Å². The zero-order chi connectivity index (χ0) is 17.9. The Labute approximate surface area is 151 Å². The Kier molecular flexibility index (Phi) is 4.28. The minimum atomic E-state index is -0.338. The van der Waals surface area contributed by atoms with Crippen LogP contribution in [0.5, 0.6) is 5.75 Å². The molecule has 128 valence electrons. The standard InChI is InChI=1S/C23H18O3/c1-16-14-22(24)26-21-13-12-19(15-20(16)21)25-23(17-8-4-2-5-9-17)18-10-6-3-7-11-18/h2-15,23H,1H3. The van der Waals surface area contributed by atoms with Gasteiger partial charge in [0.2, 0.25) is 0 Å². The Morgan fingerprint density at radius 2 is 1.42 bits per heavy atom. The second-order valence-corrected chi connectivity index (χ2v) is 6.23. The molecule has 1 aromatic heterocycles. The summed E-state index contributed by atoms with van der Waals surface area (Å²) in [4.78, 5) is 11.5. The van der Waals surface area contributed by atoms with Gasteiger partial charge in [-0.25, -0.2) is 4.79 Å². The van der Waals surface area contributed by atoms with Gasteiger partial charge in [0.1, 0.15) is 17.4 Å². The summed E-state index contributed by atoms with van der Waals surface area (Å²) >= 11 is 0. The van der Waals surface area contributed by atoms with Crippen LogP contribution >= 0.6 is 0 Å². The first-order valence-electron chi connectivity index (χ1n) is 8.52. The van der Waals surface area contributed by atoms with Gasteiger partial charge in [0.05, 0.1) is 0 Å². The minimum absolute atomic E-state index is 0.217. The van der Waals surface area contributed by atoms with Crippen molar-refractivity contribution in [1.29, 1.82) is 0 Å². The number of ether oxygens (including phenoxy) is 1. The molecule has 4 rings (SSSR count). The number of hydrogen-bond acceptors (Lipinski definition) is 3. The van der Waals surface area contributed by atoms with E-state index < -0.39 is 0 Å². The van der Waals surface area contributed by atoms with Crippen LogP contribution in [-0.2, 0) is 0 Å². The Bertz CT molecular complexity index is 1040. The smallest absolute Gasteiger partial charge is 0.336 e. The number of hydrogen-bond donors (Lipinski definition) is 0. The fourth-order valence-electron chi connectivity index (χ4n) is 3.09. The van der Waals surface area contributed by atoms with Crippen molar-refractivity contribution >= 4 is 11.0 Å². The largest absolute Gasteiger partial charge is 0.481 e. The van der Waals surface area contributed by atoms with E-state index in [9.17, 15) is 4.79 Å². The maximum Gasteiger partial charge on any atom is 0.336 e. The molecule has 26 heavy (non-hydrogen) atoms. The summed E-state index contributed by atoms with van der Waals surface area (Å²) in [5, 5.41) is 0.877. The van der Waals surface area contributed by atoms with Crippen LogP contribution < -0.4 is 10.4 Å². The van der Waals surface area contributed by atoms with Crippen LogP contribution in [0, 0.1) is 6.92 Å². The van der Waals surface area contributed by atoms with E-state index in [4.69, 9.17) is 9.15 Å². The summed E-state index contributed by atoms with van der Waals surface area (Å²) in [5.41, 5.74) is 3.26. The Hall–Kier alpha value is -3.33. The molecule has 0 fully saturated rings. The average Bonchev–Trinajstić information content (AvgIpc) is 2.68. The van der Waals surface area contributed by atoms with Gasteiger partial charge in [0, 0.05) is 11.5 Å². The van der Waals surface area contributed by atoms with E-state index in [-0.39, 0.29) is 11.7 Å². The second kappa shape index (κ2) is 6.89. The molecule has 0 bridgehead atoms. The Balaban J connectivity index is 1.76. The van der Waals surface area contributed by atoms with Gasteiger partial charge >= 0.3 is 5.63 Å². The minimum Gasteiger partial charge on any atom is -0.481 e. The molecule has 1 heterocycles. The molecular formula is C23H18O3. The predicted octanol–water partition coefficient (Wildman–Crippen LogP) is 5.27. The lowest BCUT2D eigenvalue weighted by atomic mass is 10.0. The highest BCUT2D eigenvalue weighted by atomic mass is 16.5. The van der Waals surface area contributed by atoms with Crippen molar-refractivity contribution in [2.24, 2.45) is 0 Å². The summed E-state index contributed by atoms with van der Waals surface area (Å²) in [5.74, 6) is 0.729. The normalized spacial score (nSPS) is 11.0. The zero-order valence-corrected chi connectivity index (χ0v) is 14.4. The van der Waals surface area contributed by atoms with Crippen LogP contribution in [0.2, 0.25) is 0 Å². The molecule has 0 amide bonds. The fourth-order valence-corrected chi connectivity index (χ4v) is 3.09. The van der Waals surface area contributed by atoms with Gasteiger partial charge in [-0.05, 0) is 41.8 Å². The summed E-state index contributed by atoms with van der Waals surface area (Å²) in [6, 6.07) is 27.3. The van der Waals surface area contributed by atoms with Gasteiger partial charge in [-0.2, -0.15) is 0 Å². The van der Waals surface area contributed by atoms with Crippen LogP contribution in [0.15, 0.2) is 94.1 Å². The van der Waals surface area contributed by atoms with Crippen LogP contribution in [0.3, 0.4) is 0 Å². The lowest BCUT2D eigenvalue weighted by Crippen LogP contribution is -2.09.